The Labute approximate surface area is 191 Å². The van der Waals surface area contributed by atoms with Crippen molar-refractivity contribution in [3.05, 3.63) is 82.8 Å². The average Bonchev–Trinajstić information content (AvgIpc) is 3.21. The molecule has 0 saturated heterocycles. The van der Waals surface area contributed by atoms with Crippen LogP contribution in [0.3, 0.4) is 0 Å². The van der Waals surface area contributed by atoms with Crippen LogP contribution in [-0.4, -0.2) is 26.9 Å². The minimum atomic E-state index is -0.374. The number of anilines is 3. The van der Waals surface area contributed by atoms with Gasteiger partial charge in [-0.05, 0) is 51.5 Å². The molecule has 0 radical (unpaired) electrons. The largest absolute Gasteiger partial charge is 0.402 e. The van der Waals surface area contributed by atoms with Crippen LogP contribution in [0.15, 0.2) is 64.9 Å². The number of aryl methyl sites for hydroxylation is 2. The molecule has 33 heavy (non-hydrogen) atoms. The summed E-state index contributed by atoms with van der Waals surface area (Å²) in [6.07, 6.45) is 7.94. The molecule has 0 saturated carbocycles. The molecule has 3 aromatic rings. The number of hydrogen-bond donors (Lipinski definition) is 4. The van der Waals surface area contributed by atoms with Gasteiger partial charge >= 0.3 is 0 Å². The quantitative estimate of drug-likeness (QED) is 0.400. The fourth-order valence-corrected chi connectivity index (χ4v) is 2.88. The first-order valence-electron chi connectivity index (χ1n) is 10.1. The van der Waals surface area contributed by atoms with Gasteiger partial charge in [0.1, 0.15) is 11.3 Å². The van der Waals surface area contributed by atoms with E-state index in [1.807, 2.05) is 13.0 Å². The molecule has 10 nitrogen and oxygen atoms in total. The van der Waals surface area contributed by atoms with Crippen LogP contribution >= 0.6 is 0 Å². The van der Waals surface area contributed by atoms with Crippen LogP contribution in [0.25, 0.3) is 0 Å². The van der Waals surface area contributed by atoms with Crippen molar-refractivity contribution in [1.82, 2.24) is 15.1 Å². The van der Waals surface area contributed by atoms with E-state index in [9.17, 15) is 9.59 Å². The summed E-state index contributed by atoms with van der Waals surface area (Å²) in [5.41, 5.74) is 9.45. The number of carbonyl (C=O) groups excluding carboxylic acids is 2. The fourth-order valence-electron chi connectivity index (χ4n) is 2.88. The second-order valence-corrected chi connectivity index (χ2v) is 7.29. The predicted molar refractivity (Wildman–Crippen MR) is 126 cm³/mol. The van der Waals surface area contributed by atoms with Gasteiger partial charge in [0.05, 0.1) is 24.3 Å². The van der Waals surface area contributed by atoms with Crippen molar-refractivity contribution < 1.29 is 14.1 Å². The van der Waals surface area contributed by atoms with Crippen molar-refractivity contribution in [2.75, 3.05) is 16.0 Å². The van der Waals surface area contributed by atoms with Gasteiger partial charge in [0, 0.05) is 22.6 Å². The molecule has 0 bridgehead atoms. The number of rotatable bonds is 7. The normalized spacial score (nSPS) is 11.8. The molecule has 5 N–H and O–H groups in total. The lowest BCUT2D eigenvalue weighted by Crippen LogP contribution is -2.16. The molecule has 2 heterocycles. The Kier molecular flexibility index (Phi) is 7.19. The number of amides is 2. The predicted octanol–water partition coefficient (Wildman–Crippen LogP) is 3.76. The molecule has 0 fully saturated rings. The van der Waals surface area contributed by atoms with E-state index in [1.54, 1.807) is 45.0 Å². The minimum absolute atomic E-state index is 0.325. The number of nitrogens with two attached hydrogens (primary N) is 1. The monoisotopic (exact) mass is 447 g/mol. The lowest BCUT2D eigenvalue weighted by atomic mass is 10.1. The molecule has 170 valence electrons. The molecular formula is C23H25N7O3. The molecule has 2 amide bonds. The van der Waals surface area contributed by atoms with E-state index in [0.717, 1.165) is 11.3 Å². The Morgan fingerprint density at radius 1 is 0.970 bits per heavy atom. The van der Waals surface area contributed by atoms with E-state index in [4.69, 9.17) is 10.3 Å². The zero-order chi connectivity index (χ0) is 24.0. The van der Waals surface area contributed by atoms with Gasteiger partial charge in [-0.15, -0.1) is 0 Å². The van der Waals surface area contributed by atoms with Crippen LogP contribution in [0.2, 0.25) is 0 Å². The van der Waals surface area contributed by atoms with E-state index in [2.05, 4.69) is 31.1 Å². The fraction of sp³-hybridized carbons (Fsp3) is 0.174. The summed E-state index contributed by atoms with van der Waals surface area (Å²) in [5, 5.41) is 12.2. The van der Waals surface area contributed by atoms with Crippen molar-refractivity contribution in [2.24, 2.45) is 5.73 Å². The molecule has 0 atom stereocenters. The third kappa shape index (κ3) is 6.03. The van der Waals surface area contributed by atoms with Crippen LogP contribution in [0, 0.1) is 13.8 Å². The highest BCUT2D eigenvalue weighted by Gasteiger charge is 2.15. The van der Waals surface area contributed by atoms with E-state index in [-0.39, 0.29) is 11.8 Å². The zero-order valence-electron chi connectivity index (χ0n) is 18.8. The summed E-state index contributed by atoms with van der Waals surface area (Å²) in [6.45, 7) is 7.10. The standard InChI is InChI=1S/C23H25N7O3/c1-5-16(8-14(3)24)30-23-25-10-18(11-26-23)29-21(31)19-9-17(7-6-13(19)2)28-22(32)20-12-27-33-15(20)4/h5-12H,24H2,1-4H3,(H,28,32)(H,29,31)(H,25,26,30)/b14-8+,16-5+. The summed E-state index contributed by atoms with van der Waals surface area (Å²) in [5.74, 6) is 0.0419. The van der Waals surface area contributed by atoms with Gasteiger partial charge in [-0.25, -0.2) is 9.97 Å². The van der Waals surface area contributed by atoms with Crippen LogP contribution < -0.4 is 21.7 Å². The molecule has 10 heteroatoms. The van der Waals surface area contributed by atoms with Gasteiger partial charge in [0.25, 0.3) is 11.8 Å². The lowest BCUT2D eigenvalue weighted by molar-refractivity contribution is 0.101. The van der Waals surface area contributed by atoms with Crippen molar-refractivity contribution in [3.8, 4) is 0 Å². The molecular weight excluding hydrogens is 422 g/mol. The van der Waals surface area contributed by atoms with Crippen molar-refractivity contribution in [2.45, 2.75) is 27.7 Å². The van der Waals surface area contributed by atoms with Crippen LogP contribution in [0.1, 0.15) is 45.9 Å². The Morgan fingerprint density at radius 2 is 1.64 bits per heavy atom. The maximum absolute atomic E-state index is 12.8. The number of aromatic nitrogens is 3. The van der Waals surface area contributed by atoms with Crippen molar-refractivity contribution in [1.29, 1.82) is 0 Å². The van der Waals surface area contributed by atoms with Crippen molar-refractivity contribution >= 4 is 29.1 Å². The first-order valence-corrected chi connectivity index (χ1v) is 10.1. The van der Waals surface area contributed by atoms with Crippen LogP contribution in [0.5, 0.6) is 0 Å². The van der Waals surface area contributed by atoms with Gasteiger partial charge in [-0.1, -0.05) is 17.3 Å². The molecule has 0 spiro atoms. The van der Waals surface area contributed by atoms with Gasteiger partial charge in [-0.2, -0.15) is 0 Å². The van der Waals surface area contributed by atoms with Gasteiger partial charge < -0.3 is 26.2 Å². The molecule has 1 aromatic carbocycles. The average molecular weight is 447 g/mol. The Morgan fingerprint density at radius 3 is 2.24 bits per heavy atom. The number of nitrogens with zero attached hydrogens (tertiary/aromatic N) is 3. The number of carbonyl (C=O) groups is 2. The van der Waals surface area contributed by atoms with E-state index >= 15 is 0 Å². The molecule has 3 rings (SSSR count). The topological polar surface area (TPSA) is 148 Å². The van der Waals surface area contributed by atoms with E-state index in [0.29, 0.717) is 39.9 Å². The first kappa shape index (κ1) is 23.2. The second kappa shape index (κ2) is 10.2. The number of allylic oxidation sites excluding steroid dienone is 3. The maximum atomic E-state index is 12.8. The van der Waals surface area contributed by atoms with Gasteiger partial charge in [-0.3, -0.25) is 9.59 Å². The van der Waals surface area contributed by atoms with E-state index < -0.39 is 0 Å². The highest BCUT2D eigenvalue weighted by Crippen LogP contribution is 2.19. The second-order valence-electron chi connectivity index (χ2n) is 7.29. The molecule has 0 aliphatic rings. The van der Waals surface area contributed by atoms with Gasteiger partial charge in [0.15, 0.2) is 0 Å². The SMILES string of the molecule is C/C=C(\C=C(/C)N)Nc1ncc(NC(=O)c2cc(NC(=O)c3cnoc3C)ccc2C)cn1. The lowest BCUT2D eigenvalue weighted by Gasteiger charge is -2.11. The van der Waals surface area contributed by atoms with Gasteiger partial charge in [0.2, 0.25) is 5.95 Å². The maximum Gasteiger partial charge on any atom is 0.260 e. The molecule has 0 unspecified atom stereocenters. The highest BCUT2D eigenvalue weighted by atomic mass is 16.5. The zero-order valence-corrected chi connectivity index (χ0v) is 18.8. The summed E-state index contributed by atoms with van der Waals surface area (Å²) in [4.78, 5) is 33.7. The summed E-state index contributed by atoms with van der Waals surface area (Å²) >= 11 is 0. The number of nitrogens with one attached hydrogen (secondary N) is 3. The third-order valence-electron chi connectivity index (χ3n) is 4.60. The van der Waals surface area contributed by atoms with E-state index in [1.165, 1.54) is 18.6 Å². The van der Waals surface area contributed by atoms with Crippen LogP contribution in [0.4, 0.5) is 17.3 Å². The number of hydrogen-bond acceptors (Lipinski definition) is 8. The smallest absolute Gasteiger partial charge is 0.260 e. The first-order chi connectivity index (χ1) is 15.8. The summed E-state index contributed by atoms with van der Waals surface area (Å²) < 4.78 is 4.92. The Bertz CT molecular complexity index is 1220. The highest BCUT2D eigenvalue weighted by molar-refractivity contribution is 6.08. The minimum Gasteiger partial charge on any atom is -0.402 e. The molecule has 0 aliphatic heterocycles. The Hall–Kier alpha value is -4.47. The van der Waals surface area contributed by atoms with Crippen LogP contribution in [-0.2, 0) is 0 Å². The molecule has 2 aromatic heterocycles. The summed E-state index contributed by atoms with van der Waals surface area (Å²) in [7, 11) is 0. The number of benzene rings is 1. The molecule has 0 aliphatic carbocycles. The van der Waals surface area contributed by atoms with Crippen molar-refractivity contribution in [3.63, 3.8) is 0 Å². The Balaban J connectivity index is 1.70. The summed E-state index contributed by atoms with van der Waals surface area (Å²) in [6, 6.07) is 5.06. The third-order valence-corrected chi connectivity index (χ3v) is 4.60.